The summed E-state index contributed by atoms with van der Waals surface area (Å²) in [5, 5.41) is 4.63. The molecule has 0 N–H and O–H groups in total. The second-order valence-corrected chi connectivity index (χ2v) is 6.32. The predicted octanol–water partition coefficient (Wildman–Crippen LogP) is 3.72. The van der Waals surface area contributed by atoms with E-state index in [2.05, 4.69) is 36.3 Å². The van der Waals surface area contributed by atoms with Crippen LogP contribution in [0.5, 0.6) is 0 Å². The summed E-state index contributed by atoms with van der Waals surface area (Å²) in [6.07, 6.45) is 3.53. The molecule has 1 aromatic heterocycles. The van der Waals surface area contributed by atoms with Crippen LogP contribution >= 0.6 is 0 Å². The summed E-state index contributed by atoms with van der Waals surface area (Å²) in [5.41, 5.74) is 5.17. The fraction of sp³-hybridized carbons (Fsp3) is 0.444. The van der Waals surface area contributed by atoms with Crippen LogP contribution in [0.4, 0.5) is 0 Å². The molecule has 1 saturated carbocycles. The molecule has 2 unspecified atom stereocenters. The monoisotopic (exact) mass is 296 g/mol. The zero-order valence-corrected chi connectivity index (χ0v) is 13.0. The summed E-state index contributed by atoms with van der Waals surface area (Å²) in [6, 6.07) is 8.31. The van der Waals surface area contributed by atoms with E-state index in [1.807, 2.05) is 11.6 Å². The Labute approximate surface area is 130 Å². The van der Waals surface area contributed by atoms with Gasteiger partial charge in [-0.3, -0.25) is 0 Å². The van der Waals surface area contributed by atoms with E-state index < -0.39 is 0 Å². The van der Waals surface area contributed by atoms with E-state index in [9.17, 15) is 4.79 Å². The van der Waals surface area contributed by atoms with Crippen LogP contribution in [-0.4, -0.2) is 22.4 Å². The smallest absolute Gasteiger partial charge is 0.359 e. The van der Waals surface area contributed by atoms with Crippen molar-refractivity contribution in [2.45, 2.75) is 44.9 Å². The van der Waals surface area contributed by atoms with Crippen LogP contribution in [0.1, 0.15) is 65.3 Å². The Bertz CT molecular complexity index is 730. The summed E-state index contributed by atoms with van der Waals surface area (Å²) in [6.45, 7) is 4.30. The van der Waals surface area contributed by atoms with E-state index in [0.29, 0.717) is 24.1 Å². The molecule has 2 aliphatic rings. The predicted molar refractivity (Wildman–Crippen MR) is 83.6 cm³/mol. The lowest BCUT2D eigenvalue weighted by molar-refractivity contribution is 0.0517. The van der Waals surface area contributed by atoms with Gasteiger partial charge in [0, 0.05) is 11.5 Å². The molecule has 0 aliphatic heterocycles. The molecule has 22 heavy (non-hydrogen) atoms. The zero-order valence-electron chi connectivity index (χ0n) is 13.0. The fourth-order valence-electron chi connectivity index (χ4n) is 3.96. The SMILES string of the molecule is CCOC(=O)c1nn(-c2ccc(C)cc2)c2c1C1CCC2C1. The minimum absolute atomic E-state index is 0.280. The highest BCUT2D eigenvalue weighted by Crippen LogP contribution is 2.54. The average Bonchev–Trinajstić information content (AvgIpc) is 3.20. The molecule has 0 amide bonds. The Kier molecular flexibility index (Phi) is 3.06. The van der Waals surface area contributed by atoms with Crippen LogP contribution in [0.2, 0.25) is 0 Å². The quantitative estimate of drug-likeness (QED) is 0.811. The van der Waals surface area contributed by atoms with Crippen LogP contribution in [0.3, 0.4) is 0 Å². The minimum atomic E-state index is -0.280. The topological polar surface area (TPSA) is 44.1 Å². The van der Waals surface area contributed by atoms with E-state index in [4.69, 9.17) is 4.74 Å². The van der Waals surface area contributed by atoms with Crippen molar-refractivity contribution in [3.63, 3.8) is 0 Å². The number of esters is 1. The van der Waals surface area contributed by atoms with Gasteiger partial charge in [-0.15, -0.1) is 0 Å². The van der Waals surface area contributed by atoms with E-state index in [0.717, 1.165) is 17.7 Å². The molecule has 4 rings (SSSR count). The van der Waals surface area contributed by atoms with Gasteiger partial charge in [-0.25, -0.2) is 9.48 Å². The van der Waals surface area contributed by atoms with Crippen molar-refractivity contribution in [3.05, 3.63) is 46.8 Å². The highest BCUT2D eigenvalue weighted by Gasteiger charge is 2.44. The Balaban J connectivity index is 1.86. The Morgan fingerprint density at radius 1 is 1.27 bits per heavy atom. The number of ether oxygens (including phenoxy) is 1. The Morgan fingerprint density at radius 3 is 2.73 bits per heavy atom. The maximum absolute atomic E-state index is 12.3. The van der Waals surface area contributed by atoms with Crippen molar-refractivity contribution in [2.75, 3.05) is 6.61 Å². The number of carbonyl (C=O) groups excluding carboxylic acids is 1. The standard InChI is InChI=1S/C18H20N2O2/c1-3-22-18(21)16-15-12-6-7-13(10-12)17(15)20(19-16)14-8-4-11(2)5-9-14/h4-5,8-9,12-13H,3,6-7,10H2,1-2H3. The molecule has 2 atom stereocenters. The van der Waals surface area contributed by atoms with Crippen molar-refractivity contribution >= 4 is 5.97 Å². The summed E-state index contributed by atoms with van der Waals surface area (Å²) in [4.78, 5) is 12.3. The van der Waals surface area contributed by atoms with Crippen molar-refractivity contribution in [1.29, 1.82) is 0 Å². The van der Waals surface area contributed by atoms with Crippen LogP contribution in [0.15, 0.2) is 24.3 Å². The Hall–Kier alpha value is -2.10. The molecule has 4 nitrogen and oxygen atoms in total. The summed E-state index contributed by atoms with van der Waals surface area (Å²) in [5.74, 6) is 0.743. The lowest BCUT2D eigenvalue weighted by Gasteiger charge is -2.14. The molecule has 2 aromatic rings. The highest BCUT2D eigenvalue weighted by molar-refractivity contribution is 5.90. The summed E-state index contributed by atoms with van der Waals surface area (Å²) < 4.78 is 7.19. The fourth-order valence-corrected chi connectivity index (χ4v) is 3.96. The van der Waals surface area contributed by atoms with Crippen LogP contribution in [0.25, 0.3) is 5.69 Å². The van der Waals surface area contributed by atoms with E-state index in [1.54, 1.807) is 0 Å². The molecule has 114 valence electrons. The highest BCUT2D eigenvalue weighted by atomic mass is 16.5. The molecule has 0 radical (unpaired) electrons. The van der Waals surface area contributed by atoms with Gasteiger partial charge in [0.25, 0.3) is 0 Å². The molecule has 4 heteroatoms. The first-order valence-electron chi connectivity index (χ1n) is 8.06. The van der Waals surface area contributed by atoms with Gasteiger partial charge in [-0.1, -0.05) is 17.7 Å². The van der Waals surface area contributed by atoms with Crippen molar-refractivity contribution in [3.8, 4) is 5.69 Å². The van der Waals surface area contributed by atoms with Gasteiger partial charge in [0.15, 0.2) is 5.69 Å². The summed E-state index contributed by atoms with van der Waals surface area (Å²) in [7, 11) is 0. The number of rotatable bonds is 3. The maximum Gasteiger partial charge on any atom is 0.359 e. The molecule has 1 aromatic carbocycles. The first kappa shape index (κ1) is 13.6. The molecular formula is C18H20N2O2. The van der Waals surface area contributed by atoms with Crippen molar-refractivity contribution < 1.29 is 9.53 Å². The number of fused-ring (bicyclic) bond motifs is 5. The summed E-state index contributed by atoms with van der Waals surface area (Å²) >= 11 is 0. The number of nitrogens with zero attached hydrogens (tertiary/aromatic N) is 2. The second-order valence-electron chi connectivity index (χ2n) is 6.32. The van der Waals surface area contributed by atoms with Gasteiger partial charge in [0.05, 0.1) is 18.0 Å². The first-order valence-corrected chi connectivity index (χ1v) is 8.06. The van der Waals surface area contributed by atoms with Crippen LogP contribution < -0.4 is 0 Å². The lowest BCUT2D eigenvalue weighted by atomic mass is 9.95. The first-order chi connectivity index (χ1) is 10.7. The molecule has 0 spiro atoms. The average molecular weight is 296 g/mol. The van der Waals surface area contributed by atoms with Gasteiger partial charge in [0.2, 0.25) is 0 Å². The van der Waals surface area contributed by atoms with E-state index in [-0.39, 0.29) is 5.97 Å². The molecule has 2 bridgehead atoms. The van der Waals surface area contributed by atoms with Crippen LogP contribution in [-0.2, 0) is 4.74 Å². The van der Waals surface area contributed by atoms with Gasteiger partial charge in [-0.05, 0) is 51.2 Å². The van der Waals surface area contributed by atoms with Crippen LogP contribution in [0, 0.1) is 6.92 Å². The largest absolute Gasteiger partial charge is 0.461 e. The van der Waals surface area contributed by atoms with Gasteiger partial charge in [-0.2, -0.15) is 5.10 Å². The number of carbonyl (C=O) groups is 1. The lowest BCUT2D eigenvalue weighted by Crippen LogP contribution is -2.09. The maximum atomic E-state index is 12.3. The Morgan fingerprint density at radius 2 is 2.00 bits per heavy atom. The molecule has 0 saturated heterocycles. The molecule has 1 heterocycles. The van der Waals surface area contributed by atoms with E-state index in [1.165, 1.54) is 24.1 Å². The number of aromatic nitrogens is 2. The molecule has 1 fully saturated rings. The number of hydrogen-bond donors (Lipinski definition) is 0. The second kappa shape index (κ2) is 4.97. The normalized spacial score (nSPS) is 21.9. The molecular weight excluding hydrogens is 276 g/mol. The van der Waals surface area contributed by atoms with Gasteiger partial charge < -0.3 is 4.74 Å². The third-order valence-corrected chi connectivity index (χ3v) is 4.93. The number of aryl methyl sites for hydroxylation is 1. The van der Waals surface area contributed by atoms with Crippen molar-refractivity contribution in [1.82, 2.24) is 9.78 Å². The van der Waals surface area contributed by atoms with Gasteiger partial charge >= 0.3 is 5.97 Å². The number of benzene rings is 1. The zero-order chi connectivity index (χ0) is 15.3. The van der Waals surface area contributed by atoms with Gasteiger partial charge in [0.1, 0.15) is 0 Å². The number of hydrogen-bond acceptors (Lipinski definition) is 3. The van der Waals surface area contributed by atoms with Crippen molar-refractivity contribution in [2.24, 2.45) is 0 Å². The van der Waals surface area contributed by atoms with E-state index >= 15 is 0 Å². The molecule has 2 aliphatic carbocycles. The third kappa shape index (κ3) is 1.90. The minimum Gasteiger partial charge on any atom is -0.461 e. The third-order valence-electron chi connectivity index (χ3n) is 4.93.